The van der Waals surface area contributed by atoms with Crippen molar-refractivity contribution in [3.8, 4) is 0 Å². The Balaban J connectivity index is 1.69. The van der Waals surface area contributed by atoms with Crippen LogP contribution >= 0.6 is 11.6 Å². The summed E-state index contributed by atoms with van der Waals surface area (Å²) in [7, 11) is 0. The maximum Gasteiger partial charge on any atom is 0.298 e. The summed E-state index contributed by atoms with van der Waals surface area (Å²) >= 11 is 5.94. The van der Waals surface area contributed by atoms with Gasteiger partial charge in [0.2, 0.25) is 0 Å². The number of anilines is 1. The van der Waals surface area contributed by atoms with E-state index >= 15 is 0 Å². The number of nitrogens with zero attached hydrogens (tertiary/aromatic N) is 3. The van der Waals surface area contributed by atoms with Gasteiger partial charge in [-0.2, -0.15) is 5.10 Å². The highest BCUT2D eigenvalue weighted by Gasteiger charge is 2.26. The van der Waals surface area contributed by atoms with Crippen LogP contribution in [0.1, 0.15) is 31.8 Å². The molecule has 0 spiro atoms. The average Bonchev–Trinajstić information content (AvgIpc) is 2.97. The highest BCUT2D eigenvalue weighted by Crippen LogP contribution is 2.18. The van der Waals surface area contributed by atoms with Crippen LogP contribution in [0.3, 0.4) is 0 Å². The summed E-state index contributed by atoms with van der Waals surface area (Å²) in [5.41, 5.74) is 6.63. The third-order valence-electron chi connectivity index (χ3n) is 5.67. The molecule has 11 heteroatoms. The van der Waals surface area contributed by atoms with Gasteiger partial charge in [-0.3, -0.25) is 29.9 Å². The van der Waals surface area contributed by atoms with E-state index in [0.717, 1.165) is 10.6 Å². The summed E-state index contributed by atoms with van der Waals surface area (Å²) in [5.74, 6) is -2.00. The van der Waals surface area contributed by atoms with Gasteiger partial charge in [-0.15, -0.1) is 0 Å². The molecule has 0 atom stereocenters. The average molecular weight is 556 g/mol. The molecule has 10 nitrogen and oxygen atoms in total. The first-order valence-electron chi connectivity index (χ1n) is 11.9. The van der Waals surface area contributed by atoms with E-state index in [1.165, 1.54) is 36.4 Å². The van der Waals surface area contributed by atoms with E-state index in [9.17, 15) is 24.5 Å². The topological polar surface area (TPSA) is 134 Å². The number of halogens is 1. The van der Waals surface area contributed by atoms with Crippen molar-refractivity contribution in [1.82, 2.24) is 10.9 Å². The molecule has 0 aliphatic rings. The second-order valence-corrected chi connectivity index (χ2v) is 8.93. The van der Waals surface area contributed by atoms with Crippen LogP contribution < -0.4 is 15.9 Å². The van der Waals surface area contributed by atoms with Gasteiger partial charge in [0.1, 0.15) is 0 Å². The van der Waals surface area contributed by atoms with Gasteiger partial charge >= 0.3 is 0 Å². The third-order valence-corrected chi connectivity index (χ3v) is 5.93. The lowest BCUT2D eigenvalue weighted by Crippen LogP contribution is -2.50. The minimum atomic E-state index is -0.735. The molecule has 0 aliphatic carbocycles. The van der Waals surface area contributed by atoms with Crippen molar-refractivity contribution in [3.05, 3.63) is 141 Å². The van der Waals surface area contributed by atoms with E-state index in [4.69, 9.17) is 11.6 Å². The Kier molecular flexibility index (Phi) is 8.62. The first-order valence-corrected chi connectivity index (χ1v) is 12.3. The summed E-state index contributed by atoms with van der Waals surface area (Å²) < 4.78 is 0. The van der Waals surface area contributed by atoms with Gasteiger partial charge in [0.05, 0.1) is 10.6 Å². The van der Waals surface area contributed by atoms with E-state index in [1.54, 1.807) is 66.7 Å². The summed E-state index contributed by atoms with van der Waals surface area (Å²) in [6.45, 7) is 1.88. The van der Waals surface area contributed by atoms with Gasteiger partial charge < -0.3 is 0 Å². The number of hydrazine groups is 1. The minimum absolute atomic E-state index is 0.0978. The van der Waals surface area contributed by atoms with E-state index < -0.39 is 22.6 Å². The number of benzene rings is 4. The number of hydrogen-bond acceptors (Lipinski definition) is 6. The first-order chi connectivity index (χ1) is 19.2. The molecule has 0 fully saturated rings. The zero-order valence-corrected chi connectivity index (χ0v) is 21.8. The predicted octanol–water partition coefficient (Wildman–Crippen LogP) is 5.07. The van der Waals surface area contributed by atoms with Crippen LogP contribution in [0.15, 0.2) is 108 Å². The lowest BCUT2D eigenvalue weighted by Gasteiger charge is -2.24. The first kappa shape index (κ1) is 27.7. The lowest BCUT2D eigenvalue weighted by atomic mass is 10.1. The third kappa shape index (κ3) is 6.74. The van der Waals surface area contributed by atoms with Crippen molar-refractivity contribution in [2.75, 3.05) is 5.01 Å². The number of non-ortho nitro benzene ring substituents is 1. The molecule has 3 amide bonds. The normalized spacial score (nSPS) is 10.9. The summed E-state index contributed by atoms with van der Waals surface area (Å²) in [5, 5.41) is 16.5. The Morgan fingerprint density at radius 2 is 1.35 bits per heavy atom. The molecule has 0 aromatic heterocycles. The van der Waals surface area contributed by atoms with Gasteiger partial charge in [0, 0.05) is 33.8 Å². The highest BCUT2D eigenvalue weighted by atomic mass is 35.5. The molecule has 2 N–H and O–H groups in total. The smallest absolute Gasteiger partial charge is 0.267 e. The minimum Gasteiger partial charge on any atom is -0.267 e. The fraction of sp³-hybridized carbons (Fsp3) is 0.0345. The number of rotatable bonds is 7. The van der Waals surface area contributed by atoms with E-state index in [2.05, 4.69) is 16.0 Å². The number of aryl methyl sites for hydroxylation is 1. The maximum absolute atomic E-state index is 14.0. The Bertz CT molecular complexity index is 1570. The van der Waals surface area contributed by atoms with Crippen molar-refractivity contribution in [3.63, 3.8) is 0 Å². The standard InChI is InChI=1S/C29H22ClN5O5/c1-19-7-15-24(16-8-19)34(33-28(37)22-9-13-23(30)14-10-22)29(38)26(20-5-3-2-4-6-20)31-32-27(36)21-11-17-25(18-12-21)35(39)40/h2-18H,1H3,(H,32,36)(H,33,37)/b31-26-. The summed E-state index contributed by atoms with van der Waals surface area (Å²) in [6, 6.07) is 26.3. The van der Waals surface area contributed by atoms with Crippen molar-refractivity contribution >= 4 is 46.4 Å². The van der Waals surface area contributed by atoms with Crippen LogP contribution in [0, 0.1) is 17.0 Å². The Morgan fingerprint density at radius 1 is 0.775 bits per heavy atom. The van der Waals surface area contributed by atoms with Gasteiger partial charge in [0.25, 0.3) is 23.4 Å². The molecule has 4 rings (SSSR count). The Morgan fingerprint density at radius 3 is 1.95 bits per heavy atom. The number of nitrogens with one attached hydrogen (secondary N) is 2. The molecule has 0 saturated heterocycles. The Labute approximate surface area is 234 Å². The molecule has 0 unspecified atom stereocenters. The number of carbonyl (C=O) groups excluding carboxylic acids is 3. The van der Waals surface area contributed by atoms with E-state index in [1.807, 2.05) is 6.92 Å². The van der Waals surface area contributed by atoms with Crippen LogP contribution in [0.5, 0.6) is 0 Å². The Hall–Kier alpha value is -5.35. The van der Waals surface area contributed by atoms with Gasteiger partial charge in [0.15, 0.2) is 5.71 Å². The van der Waals surface area contributed by atoms with Gasteiger partial charge in [-0.25, -0.2) is 10.4 Å². The fourth-order valence-corrected chi connectivity index (χ4v) is 3.66. The highest BCUT2D eigenvalue weighted by molar-refractivity contribution is 6.49. The number of hydrazone groups is 1. The zero-order chi connectivity index (χ0) is 28.6. The van der Waals surface area contributed by atoms with Crippen LogP contribution in [-0.2, 0) is 4.79 Å². The summed E-state index contributed by atoms with van der Waals surface area (Å²) in [6.07, 6.45) is 0. The van der Waals surface area contributed by atoms with Crippen molar-refractivity contribution in [1.29, 1.82) is 0 Å². The molecule has 40 heavy (non-hydrogen) atoms. The molecule has 0 bridgehead atoms. The zero-order valence-electron chi connectivity index (χ0n) is 21.1. The number of carbonyl (C=O) groups is 3. The maximum atomic E-state index is 14.0. The lowest BCUT2D eigenvalue weighted by molar-refractivity contribution is -0.384. The van der Waals surface area contributed by atoms with Gasteiger partial charge in [-0.1, -0.05) is 59.6 Å². The van der Waals surface area contributed by atoms with Crippen molar-refractivity contribution in [2.24, 2.45) is 5.10 Å². The van der Waals surface area contributed by atoms with Crippen LogP contribution in [0.4, 0.5) is 11.4 Å². The largest absolute Gasteiger partial charge is 0.298 e. The van der Waals surface area contributed by atoms with Crippen molar-refractivity contribution in [2.45, 2.75) is 6.92 Å². The summed E-state index contributed by atoms with van der Waals surface area (Å²) in [4.78, 5) is 50.1. The fourth-order valence-electron chi connectivity index (χ4n) is 3.54. The molecule has 0 radical (unpaired) electrons. The van der Waals surface area contributed by atoms with Gasteiger partial charge in [-0.05, 0) is 55.5 Å². The molecule has 200 valence electrons. The molecular weight excluding hydrogens is 534 g/mol. The molecule has 0 saturated carbocycles. The van der Waals surface area contributed by atoms with Crippen LogP contribution in [-0.4, -0.2) is 28.4 Å². The molecule has 0 heterocycles. The van der Waals surface area contributed by atoms with Crippen molar-refractivity contribution < 1.29 is 19.3 Å². The monoisotopic (exact) mass is 555 g/mol. The van der Waals surface area contributed by atoms with E-state index in [0.29, 0.717) is 16.3 Å². The van der Waals surface area contributed by atoms with Crippen LogP contribution in [0.2, 0.25) is 5.02 Å². The molecular formula is C29H22ClN5O5. The number of nitro benzene ring substituents is 1. The molecule has 4 aromatic rings. The second kappa shape index (κ2) is 12.5. The number of nitro groups is 1. The van der Waals surface area contributed by atoms with E-state index in [-0.39, 0.29) is 22.5 Å². The SMILES string of the molecule is Cc1ccc(N(NC(=O)c2ccc(Cl)cc2)C(=O)/C(=N\NC(=O)c2ccc([N+](=O)[O-])cc2)c2ccccc2)cc1. The second-order valence-electron chi connectivity index (χ2n) is 8.50. The predicted molar refractivity (Wildman–Crippen MR) is 151 cm³/mol. The molecule has 4 aromatic carbocycles. The quantitative estimate of drug-likeness (QED) is 0.186. The van der Waals surface area contributed by atoms with Crippen LogP contribution in [0.25, 0.3) is 0 Å². The number of amides is 3. The molecule has 0 aliphatic heterocycles. The number of hydrogen-bond donors (Lipinski definition) is 2.